The standard InChI is InChI=1S/C14H19N5/c1-10-5-6-11(2)12(8-10)9-19-17-14(16-18-19)13-4-3-7-15-13/h5-6,8,13,15H,3-4,7,9H2,1-2H3. The lowest BCUT2D eigenvalue weighted by molar-refractivity contribution is 0.556. The van der Waals surface area contributed by atoms with Crippen LogP contribution in [-0.2, 0) is 6.54 Å². The van der Waals surface area contributed by atoms with Crippen molar-refractivity contribution in [2.45, 2.75) is 39.3 Å². The van der Waals surface area contributed by atoms with E-state index in [0.29, 0.717) is 6.54 Å². The Bertz CT molecular complexity index is 569. The zero-order valence-corrected chi connectivity index (χ0v) is 11.4. The summed E-state index contributed by atoms with van der Waals surface area (Å²) in [6.07, 6.45) is 2.30. The molecule has 0 spiro atoms. The Morgan fingerprint density at radius 2 is 2.26 bits per heavy atom. The molecule has 0 saturated carbocycles. The molecule has 5 heteroatoms. The topological polar surface area (TPSA) is 55.6 Å². The molecule has 100 valence electrons. The highest BCUT2D eigenvalue weighted by atomic mass is 15.6. The van der Waals surface area contributed by atoms with Gasteiger partial charge in [0.15, 0.2) is 5.82 Å². The average Bonchev–Trinajstić information content (AvgIpc) is 3.04. The van der Waals surface area contributed by atoms with E-state index in [1.807, 2.05) is 0 Å². The lowest BCUT2D eigenvalue weighted by atomic mass is 10.1. The van der Waals surface area contributed by atoms with Crippen molar-refractivity contribution < 1.29 is 0 Å². The van der Waals surface area contributed by atoms with E-state index in [-0.39, 0.29) is 6.04 Å². The molecule has 2 aromatic rings. The first-order valence-electron chi connectivity index (χ1n) is 6.79. The summed E-state index contributed by atoms with van der Waals surface area (Å²) in [5.74, 6) is 0.822. The van der Waals surface area contributed by atoms with Gasteiger partial charge in [-0.2, -0.15) is 4.80 Å². The van der Waals surface area contributed by atoms with Gasteiger partial charge in [-0.05, 0) is 49.6 Å². The van der Waals surface area contributed by atoms with Crippen molar-refractivity contribution in [1.82, 2.24) is 25.5 Å². The van der Waals surface area contributed by atoms with Crippen LogP contribution >= 0.6 is 0 Å². The van der Waals surface area contributed by atoms with Crippen LogP contribution in [0.3, 0.4) is 0 Å². The Morgan fingerprint density at radius 1 is 1.37 bits per heavy atom. The van der Waals surface area contributed by atoms with Gasteiger partial charge in [-0.3, -0.25) is 0 Å². The van der Waals surface area contributed by atoms with E-state index < -0.39 is 0 Å². The maximum atomic E-state index is 4.49. The van der Waals surface area contributed by atoms with Crippen LogP contribution in [0.4, 0.5) is 0 Å². The second kappa shape index (κ2) is 5.09. The van der Waals surface area contributed by atoms with Crippen molar-refractivity contribution >= 4 is 0 Å². The predicted molar refractivity (Wildman–Crippen MR) is 72.8 cm³/mol. The molecule has 0 radical (unpaired) electrons. The summed E-state index contributed by atoms with van der Waals surface area (Å²) < 4.78 is 0. The van der Waals surface area contributed by atoms with Crippen molar-refractivity contribution in [2.75, 3.05) is 6.54 Å². The van der Waals surface area contributed by atoms with Gasteiger partial charge in [-0.15, -0.1) is 10.2 Å². The number of aryl methyl sites for hydroxylation is 2. The molecule has 1 saturated heterocycles. The number of tetrazole rings is 1. The molecule has 1 aromatic heterocycles. The molecule has 1 unspecified atom stereocenters. The molecule has 0 bridgehead atoms. The SMILES string of the molecule is Cc1ccc(C)c(Cn2nnc(C3CCCN3)n2)c1. The van der Waals surface area contributed by atoms with Crippen LogP contribution in [0.5, 0.6) is 0 Å². The minimum atomic E-state index is 0.285. The maximum absolute atomic E-state index is 4.49. The van der Waals surface area contributed by atoms with Crippen molar-refractivity contribution in [3.63, 3.8) is 0 Å². The molecule has 1 aliphatic rings. The summed E-state index contributed by atoms with van der Waals surface area (Å²) in [5, 5.41) is 16.2. The van der Waals surface area contributed by atoms with Gasteiger partial charge < -0.3 is 5.32 Å². The fourth-order valence-electron chi connectivity index (χ4n) is 2.49. The van der Waals surface area contributed by atoms with Crippen molar-refractivity contribution in [1.29, 1.82) is 0 Å². The Morgan fingerprint density at radius 3 is 3.05 bits per heavy atom. The Labute approximate surface area is 113 Å². The minimum Gasteiger partial charge on any atom is -0.307 e. The van der Waals surface area contributed by atoms with Gasteiger partial charge in [0.05, 0.1) is 12.6 Å². The predicted octanol–water partition coefficient (Wildman–Crippen LogP) is 1.76. The highest BCUT2D eigenvalue weighted by Crippen LogP contribution is 2.19. The van der Waals surface area contributed by atoms with Crippen molar-refractivity contribution in [3.8, 4) is 0 Å². The fraction of sp³-hybridized carbons (Fsp3) is 0.500. The molecular weight excluding hydrogens is 238 g/mol. The molecule has 19 heavy (non-hydrogen) atoms. The van der Waals surface area contributed by atoms with Gasteiger partial charge in [-0.1, -0.05) is 23.8 Å². The monoisotopic (exact) mass is 257 g/mol. The largest absolute Gasteiger partial charge is 0.307 e. The number of nitrogens with one attached hydrogen (secondary N) is 1. The first-order chi connectivity index (χ1) is 9.22. The first kappa shape index (κ1) is 12.3. The summed E-state index contributed by atoms with van der Waals surface area (Å²) in [6.45, 7) is 5.96. The average molecular weight is 257 g/mol. The third-order valence-corrected chi connectivity index (χ3v) is 3.66. The number of hydrogen-bond donors (Lipinski definition) is 1. The van der Waals surface area contributed by atoms with Gasteiger partial charge in [0.25, 0.3) is 0 Å². The molecule has 1 atom stereocenters. The van der Waals surface area contributed by atoms with Crippen LogP contribution < -0.4 is 5.32 Å². The highest BCUT2D eigenvalue weighted by molar-refractivity contribution is 5.30. The molecule has 3 rings (SSSR count). The molecule has 5 nitrogen and oxygen atoms in total. The normalized spacial score (nSPS) is 18.9. The lowest BCUT2D eigenvalue weighted by Gasteiger charge is -2.06. The zero-order chi connectivity index (χ0) is 13.2. The molecule has 0 amide bonds. The zero-order valence-electron chi connectivity index (χ0n) is 11.4. The Hall–Kier alpha value is -1.75. The maximum Gasteiger partial charge on any atom is 0.191 e. The van der Waals surface area contributed by atoms with E-state index in [1.165, 1.54) is 23.1 Å². The third kappa shape index (κ3) is 2.66. The van der Waals surface area contributed by atoms with Gasteiger partial charge in [0.2, 0.25) is 0 Å². The van der Waals surface area contributed by atoms with Crippen molar-refractivity contribution in [2.24, 2.45) is 0 Å². The van der Waals surface area contributed by atoms with Gasteiger partial charge in [0.1, 0.15) is 0 Å². The van der Waals surface area contributed by atoms with Crippen LogP contribution in [0.25, 0.3) is 0 Å². The minimum absolute atomic E-state index is 0.285. The quantitative estimate of drug-likeness (QED) is 0.910. The lowest BCUT2D eigenvalue weighted by Crippen LogP contribution is -2.15. The van der Waals surface area contributed by atoms with Crippen LogP contribution in [0.2, 0.25) is 0 Å². The van der Waals surface area contributed by atoms with Crippen LogP contribution in [0.15, 0.2) is 18.2 Å². The third-order valence-electron chi connectivity index (χ3n) is 3.66. The molecule has 2 heterocycles. The Balaban J connectivity index is 1.77. The number of hydrogen-bond acceptors (Lipinski definition) is 4. The van der Waals surface area contributed by atoms with Crippen LogP contribution in [0, 0.1) is 13.8 Å². The number of rotatable bonds is 3. The van der Waals surface area contributed by atoms with Gasteiger partial charge in [0, 0.05) is 0 Å². The van der Waals surface area contributed by atoms with E-state index in [4.69, 9.17) is 0 Å². The van der Waals surface area contributed by atoms with E-state index in [2.05, 4.69) is 52.8 Å². The molecular formula is C14H19N5. The first-order valence-corrected chi connectivity index (χ1v) is 6.79. The van der Waals surface area contributed by atoms with Gasteiger partial charge in [-0.25, -0.2) is 0 Å². The molecule has 1 N–H and O–H groups in total. The highest BCUT2D eigenvalue weighted by Gasteiger charge is 2.20. The van der Waals surface area contributed by atoms with E-state index >= 15 is 0 Å². The molecule has 0 aliphatic carbocycles. The second-order valence-electron chi connectivity index (χ2n) is 5.26. The summed E-state index contributed by atoms with van der Waals surface area (Å²) in [4.78, 5) is 1.69. The smallest absolute Gasteiger partial charge is 0.191 e. The van der Waals surface area contributed by atoms with Crippen LogP contribution in [-0.4, -0.2) is 26.8 Å². The Kier molecular flexibility index (Phi) is 3.29. The summed E-state index contributed by atoms with van der Waals surface area (Å²) in [5.41, 5.74) is 3.78. The molecule has 1 aliphatic heterocycles. The molecule has 1 fully saturated rings. The summed E-state index contributed by atoms with van der Waals surface area (Å²) in [6, 6.07) is 6.74. The van der Waals surface area contributed by atoms with Crippen LogP contribution in [0.1, 0.15) is 41.4 Å². The van der Waals surface area contributed by atoms with E-state index in [1.54, 1.807) is 4.80 Å². The second-order valence-corrected chi connectivity index (χ2v) is 5.26. The number of benzene rings is 1. The fourth-order valence-corrected chi connectivity index (χ4v) is 2.49. The number of nitrogens with zero attached hydrogens (tertiary/aromatic N) is 4. The summed E-state index contributed by atoms with van der Waals surface area (Å²) in [7, 11) is 0. The van der Waals surface area contributed by atoms with E-state index in [9.17, 15) is 0 Å². The van der Waals surface area contributed by atoms with Gasteiger partial charge >= 0.3 is 0 Å². The van der Waals surface area contributed by atoms with Crippen molar-refractivity contribution in [3.05, 3.63) is 40.7 Å². The number of aromatic nitrogens is 4. The molecule has 1 aromatic carbocycles. The summed E-state index contributed by atoms with van der Waals surface area (Å²) >= 11 is 0. The van der Waals surface area contributed by atoms with E-state index in [0.717, 1.165) is 18.8 Å².